The summed E-state index contributed by atoms with van der Waals surface area (Å²) in [5.41, 5.74) is 2.67. The highest BCUT2D eigenvalue weighted by atomic mass is 32.1. The van der Waals surface area contributed by atoms with Crippen molar-refractivity contribution in [2.75, 3.05) is 0 Å². The van der Waals surface area contributed by atoms with Crippen molar-refractivity contribution in [3.05, 3.63) is 51.6 Å². The summed E-state index contributed by atoms with van der Waals surface area (Å²) in [6.45, 7) is 7.43. The monoisotopic (exact) mass is 367 g/mol. The van der Waals surface area contributed by atoms with Crippen LogP contribution in [0, 0.1) is 6.92 Å². The molecule has 0 N–H and O–H groups in total. The van der Waals surface area contributed by atoms with Gasteiger partial charge in [-0.05, 0) is 31.9 Å². The van der Waals surface area contributed by atoms with E-state index in [-0.39, 0.29) is 11.9 Å². The molecular formula is C19H21N5OS. The van der Waals surface area contributed by atoms with Gasteiger partial charge in [0.05, 0.1) is 11.0 Å². The van der Waals surface area contributed by atoms with Gasteiger partial charge in [0.1, 0.15) is 11.5 Å². The molecule has 0 radical (unpaired) electrons. The third kappa shape index (κ3) is 2.72. The van der Waals surface area contributed by atoms with Gasteiger partial charge >= 0.3 is 0 Å². The molecule has 0 saturated heterocycles. The van der Waals surface area contributed by atoms with Crippen LogP contribution in [0.4, 0.5) is 0 Å². The van der Waals surface area contributed by atoms with Crippen LogP contribution in [-0.4, -0.2) is 30.6 Å². The van der Waals surface area contributed by atoms with Gasteiger partial charge in [0.2, 0.25) is 5.82 Å². The summed E-state index contributed by atoms with van der Waals surface area (Å²) in [5.74, 6) is 1.54. The van der Waals surface area contributed by atoms with E-state index in [0.717, 1.165) is 34.1 Å². The Hall–Kier alpha value is -2.54. The van der Waals surface area contributed by atoms with Crippen molar-refractivity contribution in [2.45, 2.75) is 46.3 Å². The molecule has 1 atom stereocenters. The molecule has 1 amide bonds. The zero-order valence-electron chi connectivity index (χ0n) is 15.1. The van der Waals surface area contributed by atoms with E-state index in [4.69, 9.17) is 4.98 Å². The van der Waals surface area contributed by atoms with E-state index >= 15 is 0 Å². The maximum absolute atomic E-state index is 12.9. The largest absolute Gasteiger partial charge is 0.324 e. The lowest BCUT2D eigenvalue weighted by Gasteiger charge is -2.26. The van der Waals surface area contributed by atoms with E-state index in [1.165, 1.54) is 0 Å². The zero-order chi connectivity index (χ0) is 18.3. The fourth-order valence-electron chi connectivity index (χ4n) is 3.48. The van der Waals surface area contributed by atoms with Gasteiger partial charge in [-0.1, -0.05) is 25.1 Å². The minimum absolute atomic E-state index is 0.0733. The molecule has 6 nitrogen and oxygen atoms in total. The standard InChI is InChI=1S/C19H21N5OS/c1-4-16(23-10-13-8-6-7-9-14(13)19(23)25)18-21-17(22-24(18)5-2)15-11-26-12(3)20-15/h6-9,11,16H,4-5,10H2,1-3H3. The van der Waals surface area contributed by atoms with E-state index in [1.807, 2.05) is 53.1 Å². The SMILES string of the molecule is CCC(c1nc(-c2csc(C)n2)nn1CC)N1Cc2ccccc2C1=O. The minimum Gasteiger partial charge on any atom is -0.324 e. The number of aromatic nitrogens is 4. The van der Waals surface area contributed by atoms with Crippen LogP contribution in [0.3, 0.4) is 0 Å². The summed E-state index contributed by atoms with van der Waals surface area (Å²) in [4.78, 5) is 24.1. The number of hydrogen-bond acceptors (Lipinski definition) is 5. The smallest absolute Gasteiger partial charge is 0.255 e. The molecule has 3 aromatic rings. The Bertz CT molecular complexity index is 961. The summed E-state index contributed by atoms with van der Waals surface area (Å²) < 4.78 is 1.90. The average molecular weight is 367 g/mol. The fraction of sp³-hybridized carbons (Fsp3) is 0.368. The molecule has 0 fully saturated rings. The van der Waals surface area contributed by atoms with Gasteiger partial charge in [0.15, 0.2) is 0 Å². The number of carbonyl (C=O) groups is 1. The number of amides is 1. The van der Waals surface area contributed by atoms with Crippen molar-refractivity contribution in [2.24, 2.45) is 0 Å². The Labute approximate surface area is 156 Å². The second kappa shape index (κ2) is 6.64. The third-order valence-electron chi connectivity index (χ3n) is 4.76. The highest BCUT2D eigenvalue weighted by Gasteiger charge is 2.35. The Balaban J connectivity index is 1.71. The van der Waals surface area contributed by atoms with Gasteiger partial charge in [0, 0.05) is 24.0 Å². The summed E-state index contributed by atoms with van der Waals surface area (Å²) in [5, 5.41) is 7.61. The van der Waals surface area contributed by atoms with E-state index in [2.05, 4.69) is 17.0 Å². The predicted molar refractivity (Wildman–Crippen MR) is 101 cm³/mol. The summed E-state index contributed by atoms with van der Waals surface area (Å²) in [6.07, 6.45) is 0.786. The van der Waals surface area contributed by atoms with E-state index in [9.17, 15) is 4.79 Å². The number of aryl methyl sites for hydroxylation is 2. The number of hydrogen-bond donors (Lipinski definition) is 0. The van der Waals surface area contributed by atoms with Crippen LogP contribution in [0.5, 0.6) is 0 Å². The Morgan fingerprint density at radius 2 is 2.04 bits per heavy atom. The van der Waals surface area contributed by atoms with E-state index in [0.29, 0.717) is 18.9 Å². The minimum atomic E-state index is -0.101. The Morgan fingerprint density at radius 1 is 1.23 bits per heavy atom. The third-order valence-corrected chi connectivity index (χ3v) is 5.53. The van der Waals surface area contributed by atoms with Crippen LogP contribution in [-0.2, 0) is 13.1 Å². The molecule has 1 aliphatic heterocycles. The van der Waals surface area contributed by atoms with Gasteiger partial charge in [-0.15, -0.1) is 16.4 Å². The molecule has 4 rings (SSSR count). The molecular weight excluding hydrogens is 346 g/mol. The van der Waals surface area contributed by atoms with Crippen molar-refractivity contribution in [3.8, 4) is 11.5 Å². The number of benzene rings is 1. The normalized spacial score (nSPS) is 14.7. The molecule has 0 saturated carbocycles. The lowest BCUT2D eigenvalue weighted by molar-refractivity contribution is 0.0683. The van der Waals surface area contributed by atoms with E-state index < -0.39 is 0 Å². The van der Waals surface area contributed by atoms with Crippen molar-refractivity contribution in [1.29, 1.82) is 0 Å². The highest BCUT2D eigenvalue weighted by molar-refractivity contribution is 7.09. The van der Waals surface area contributed by atoms with Gasteiger partial charge < -0.3 is 4.90 Å². The first kappa shape index (κ1) is 16.9. The van der Waals surface area contributed by atoms with Crippen LogP contribution in [0.2, 0.25) is 0 Å². The fourth-order valence-corrected chi connectivity index (χ4v) is 4.07. The maximum atomic E-state index is 12.9. The van der Waals surface area contributed by atoms with Crippen LogP contribution < -0.4 is 0 Å². The summed E-state index contributed by atoms with van der Waals surface area (Å²) in [7, 11) is 0. The first-order valence-corrected chi connectivity index (χ1v) is 9.76. The number of thiazole rings is 1. The second-order valence-electron chi connectivity index (χ2n) is 6.38. The number of fused-ring (bicyclic) bond motifs is 1. The molecule has 3 heterocycles. The molecule has 1 aliphatic rings. The summed E-state index contributed by atoms with van der Waals surface area (Å²) >= 11 is 1.59. The van der Waals surface area contributed by atoms with Crippen molar-refractivity contribution in [3.63, 3.8) is 0 Å². The molecule has 0 aliphatic carbocycles. The highest BCUT2D eigenvalue weighted by Crippen LogP contribution is 2.33. The van der Waals surface area contributed by atoms with Crippen molar-refractivity contribution < 1.29 is 4.79 Å². The topological polar surface area (TPSA) is 63.9 Å². The maximum Gasteiger partial charge on any atom is 0.255 e. The number of rotatable bonds is 5. The second-order valence-corrected chi connectivity index (χ2v) is 7.44. The Kier molecular flexibility index (Phi) is 4.32. The number of carbonyl (C=O) groups excluding carboxylic acids is 1. The van der Waals surface area contributed by atoms with Gasteiger partial charge in [-0.2, -0.15) is 0 Å². The molecule has 26 heavy (non-hydrogen) atoms. The number of nitrogens with zero attached hydrogens (tertiary/aromatic N) is 5. The van der Waals surface area contributed by atoms with Crippen molar-refractivity contribution in [1.82, 2.24) is 24.6 Å². The van der Waals surface area contributed by atoms with Crippen LogP contribution in [0.25, 0.3) is 11.5 Å². The quantitative estimate of drug-likeness (QED) is 0.687. The summed E-state index contributed by atoms with van der Waals surface area (Å²) in [6, 6.07) is 7.72. The zero-order valence-corrected chi connectivity index (χ0v) is 16.0. The van der Waals surface area contributed by atoms with E-state index in [1.54, 1.807) is 11.3 Å². The molecule has 1 aromatic carbocycles. The molecule has 0 spiro atoms. The Morgan fingerprint density at radius 3 is 2.69 bits per heavy atom. The van der Waals surface area contributed by atoms with Gasteiger partial charge in [0.25, 0.3) is 5.91 Å². The predicted octanol–water partition coefficient (Wildman–Crippen LogP) is 3.84. The van der Waals surface area contributed by atoms with Crippen LogP contribution >= 0.6 is 11.3 Å². The molecule has 7 heteroatoms. The first-order chi connectivity index (χ1) is 12.6. The van der Waals surface area contributed by atoms with Crippen molar-refractivity contribution >= 4 is 17.2 Å². The molecule has 134 valence electrons. The molecule has 0 bridgehead atoms. The molecule has 1 unspecified atom stereocenters. The molecule has 2 aromatic heterocycles. The van der Waals surface area contributed by atoms with Gasteiger partial charge in [-0.25, -0.2) is 14.6 Å². The van der Waals surface area contributed by atoms with Crippen LogP contribution in [0.1, 0.15) is 53.1 Å². The average Bonchev–Trinajstić information content (AvgIpc) is 3.35. The first-order valence-electron chi connectivity index (χ1n) is 8.88. The van der Waals surface area contributed by atoms with Crippen LogP contribution in [0.15, 0.2) is 29.6 Å². The lowest BCUT2D eigenvalue weighted by atomic mass is 10.1. The van der Waals surface area contributed by atoms with Gasteiger partial charge in [-0.3, -0.25) is 4.79 Å². The lowest BCUT2D eigenvalue weighted by Crippen LogP contribution is -2.31.